The van der Waals surface area contributed by atoms with Crippen LogP contribution >= 0.6 is 11.3 Å². The van der Waals surface area contributed by atoms with Gasteiger partial charge in [0.05, 0.1) is 19.2 Å². The monoisotopic (exact) mass is 403 g/mol. The van der Waals surface area contributed by atoms with E-state index >= 15 is 0 Å². The molecule has 0 radical (unpaired) electrons. The first-order valence-electron chi connectivity index (χ1n) is 9.28. The lowest BCUT2D eigenvalue weighted by Crippen LogP contribution is -2.46. The standard InChI is InChI=1S/C21H29N3O3S/c1-21(2,3)15-24(13-18(25)16-8-5-4-6-9-16)14-19(26)23-20(27)22-12-17-10-7-11-28-17/h4-11,18,25H,12-15H2,1-3H3,(H2,22,23,26,27). The molecule has 0 bridgehead atoms. The normalized spacial score (nSPS) is 12.6. The van der Waals surface area contributed by atoms with Gasteiger partial charge in [-0.2, -0.15) is 0 Å². The van der Waals surface area contributed by atoms with Crippen molar-refractivity contribution in [3.8, 4) is 0 Å². The molecule has 0 spiro atoms. The Bertz CT molecular complexity index is 742. The van der Waals surface area contributed by atoms with Gasteiger partial charge in [-0.1, -0.05) is 57.2 Å². The minimum Gasteiger partial charge on any atom is -0.387 e. The average Bonchev–Trinajstić information content (AvgIpc) is 3.12. The molecule has 1 heterocycles. The Balaban J connectivity index is 1.89. The molecule has 0 aliphatic heterocycles. The van der Waals surface area contributed by atoms with Gasteiger partial charge >= 0.3 is 6.03 Å². The molecular weight excluding hydrogens is 374 g/mol. The second kappa shape index (κ2) is 10.4. The Morgan fingerprint density at radius 2 is 1.86 bits per heavy atom. The number of benzene rings is 1. The number of nitrogens with zero attached hydrogens (tertiary/aromatic N) is 1. The average molecular weight is 404 g/mol. The molecular formula is C21H29N3O3S. The van der Waals surface area contributed by atoms with Gasteiger partial charge in [0.15, 0.2) is 0 Å². The van der Waals surface area contributed by atoms with E-state index in [0.29, 0.717) is 19.6 Å². The highest BCUT2D eigenvalue weighted by molar-refractivity contribution is 7.09. The molecule has 0 fully saturated rings. The maximum absolute atomic E-state index is 12.3. The van der Waals surface area contributed by atoms with E-state index in [1.165, 1.54) is 0 Å². The highest BCUT2D eigenvalue weighted by atomic mass is 32.1. The number of hydrogen-bond donors (Lipinski definition) is 3. The molecule has 2 rings (SSSR count). The van der Waals surface area contributed by atoms with Crippen LogP contribution in [-0.4, -0.2) is 41.6 Å². The first kappa shape index (κ1) is 22.1. The number of hydrogen-bond acceptors (Lipinski definition) is 5. The quantitative estimate of drug-likeness (QED) is 0.632. The van der Waals surface area contributed by atoms with Crippen molar-refractivity contribution in [2.24, 2.45) is 5.41 Å². The molecule has 28 heavy (non-hydrogen) atoms. The van der Waals surface area contributed by atoms with Crippen LogP contribution in [0.2, 0.25) is 0 Å². The summed E-state index contributed by atoms with van der Waals surface area (Å²) in [6.45, 7) is 7.55. The van der Waals surface area contributed by atoms with E-state index in [0.717, 1.165) is 10.4 Å². The fraction of sp³-hybridized carbons (Fsp3) is 0.429. The van der Waals surface area contributed by atoms with E-state index in [1.54, 1.807) is 11.3 Å². The first-order chi connectivity index (χ1) is 13.2. The lowest BCUT2D eigenvalue weighted by molar-refractivity contribution is -0.121. The second-order valence-corrected chi connectivity index (χ2v) is 9.00. The fourth-order valence-electron chi connectivity index (χ4n) is 2.87. The molecule has 2 aromatic rings. The zero-order valence-electron chi connectivity index (χ0n) is 16.6. The number of nitrogens with one attached hydrogen (secondary N) is 2. The largest absolute Gasteiger partial charge is 0.387 e. The highest BCUT2D eigenvalue weighted by Crippen LogP contribution is 2.19. The summed E-state index contributed by atoms with van der Waals surface area (Å²) in [5.41, 5.74) is 0.744. The predicted molar refractivity (Wildman–Crippen MR) is 112 cm³/mol. The molecule has 3 N–H and O–H groups in total. The number of carbonyl (C=O) groups excluding carboxylic acids is 2. The molecule has 1 unspecified atom stereocenters. The number of aliphatic hydroxyl groups is 1. The number of rotatable bonds is 8. The molecule has 1 aromatic carbocycles. The van der Waals surface area contributed by atoms with Crippen LogP contribution in [0.5, 0.6) is 0 Å². The Morgan fingerprint density at radius 1 is 1.14 bits per heavy atom. The van der Waals surface area contributed by atoms with Crippen LogP contribution in [0.25, 0.3) is 0 Å². The Morgan fingerprint density at radius 3 is 2.46 bits per heavy atom. The molecule has 1 atom stereocenters. The van der Waals surface area contributed by atoms with E-state index < -0.39 is 18.0 Å². The van der Waals surface area contributed by atoms with Crippen molar-refractivity contribution in [3.63, 3.8) is 0 Å². The third-order valence-electron chi connectivity index (χ3n) is 3.94. The third-order valence-corrected chi connectivity index (χ3v) is 4.81. The lowest BCUT2D eigenvalue weighted by Gasteiger charge is -2.31. The van der Waals surface area contributed by atoms with Crippen LogP contribution in [0.1, 0.15) is 37.3 Å². The molecule has 3 amide bonds. The van der Waals surface area contributed by atoms with E-state index in [2.05, 4.69) is 31.4 Å². The third kappa shape index (κ3) is 8.21. The van der Waals surface area contributed by atoms with Crippen LogP contribution in [-0.2, 0) is 11.3 Å². The summed E-state index contributed by atoms with van der Waals surface area (Å²) in [6.07, 6.45) is -0.705. The Hall–Kier alpha value is -2.22. The van der Waals surface area contributed by atoms with E-state index in [-0.39, 0.29) is 12.0 Å². The number of amides is 3. The van der Waals surface area contributed by atoms with E-state index in [9.17, 15) is 14.7 Å². The molecule has 152 valence electrons. The second-order valence-electron chi connectivity index (χ2n) is 7.97. The maximum Gasteiger partial charge on any atom is 0.321 e. The summed E-state index contributed by atoms with van der Waals surface area (Å²) in [5, 5.41) is 17.5. The number of aliphatic hydroxyl groups excluding tert-OH is 1. The summed E-state index contributed by atoms with van der Waals surface area (Å²) in [7, 11) is 0. The van der Waals surface area contributed by atoms with Crippen molar-refractivity contribution in [2.45, 2.75) is 33.4 Å². The van der Waals surface area contributed by atoms with Crippen LogP contribution in [0.4, 0.5) is 4.79 Å². The molecule has 6 nitrogen and oxygen atoms in total. The van der Waals surface area contributed by atoms with Gasteiger partial charge in [-0.25, -0.2) is 4.79 Å². The molecule has 0 saturated heterocycles. The fourth-order valence-corrected chi connectivity index (χ4v) is 3.52. The minimum absolute atomic E-state index is 0.0353. The van der Waals surface area contributed by atoms with Gasteiger partial charge in [0.1, 0.15) is 0 Å². The highest BCUT2D eigenvalue weighted by Gasteiger charge is 2.22. The number of urea groups is 1. The van der Waals surface area contributed by atoms with Crippen molar-refractivity contribution in [2.75, 3.05) is 19.6 Å². The molecule has 0 aliphatic rings. The van der Waals surface area contributed by atoms with Gasteiger partial charge in [0.25, 0.3) is 0 Å². The van der Waals surface area contributed by atoms with Gasteiger partial charge in [-0.3, -0.25) is 15.0 Å². The van der Waals surface area contributed by atoms with Crippen molar-refractivity contribution >= 4 is 23.3 Å². The Kier molecular flexibility index (Phi) is 8.17. The van der Waals surface area contributed by atoms with Gasteiger partial charge in [-0.15, -0.1) is 11.3 Å². The summed E-state index contributed by atoms with van der Waals surface area (Å²) in [6, 6.07) is 12.7. The van der Waals surface area contributed by atoms with E-state index in [4.69, 9.17) is 0 Å². The summed E-state index contributed by atoms with van der Waals surface area (Å²) < 4.78 is 0. The van der Waals surface area contributed by atoms with Crippen molar-refractivity contribution in [1.82, 2.24) is 15.5 Å². The van der Waals surface area contributed by atoms with Gasteiger partial charge in [0.2, 0.25) is 5.91 Å². The van der Waals surface area contributed by atoms with Gasteiger partial charge < -0.3 is 10.4 Å². The zero-order valence-corrected chi connectivity index (χ0v) is 17.5. The smallest absolute Gasteiger partial charge is 0.321 e. The molecule has 0 saturated carbocycles. The van der Waals surface area contributed by atoms with Crippen LogP contribution in [0.15, 0.2) is 47.8 Å². The summed E-state index contributed by atoms with van der Waals surface area (Å²) >= 11 is 1.54. The molecule has 7 heteroatoms. The predicted octanol–water partition coefficient (Wildman–Crippen LogP) is 3.16. The zero-order chi connectivity index (χ0) is 20.6. The van der Waals surface area contributed by atoms with Crippen molar-refractivity contribution in [3.05, 3.63) is 58.3 Å². The number of carbonyl (C=O) groups is 2. The summed E-state index contributed by atoms with van der Waals surface area (Å²) in [4.78, 5) is 27.2. The van der Waals surface area contributed by atoms with Gasteiger partial charge in [-0.05, 0) is 22.4 Å². The van der Waals surface area contributed by atoms with Crippen LogP contribution in [0, 0.1) is 5.41 Å². The molecule has 1 aromatic heterocycles. The lowest BCUT2D eigenvalue weighted by atomic mass is 9.95. The SMILES string of the molecule is CC(C)(C)CN(CC(=O)NC(=O)NCc1cccs1)CC(O)c1ccccc1. The number of thiophene rings is 1. The van der Waals surface area contributed by atoms with Crippen molar-refractivity contribution < 1.29 is 14.7 Å². The van der Waals surface area contributed by atoms with Crippen molar-refractivity contribution in [1.29, 1.82) is 0 Å². The topological polar surface area (TPSA) is 81.7 Å². The Labute approximate surface area is 170 Å². The van der Waals surface area contributed by atoms with Crippen LogP contribution in [0.3, 0.4) is 0 Å². The molecule has 0 aliphatic carbocycles. The summed E-state index contributed by atoms with van der Waals surface area (Å²) in [5.74, 6) is -0.395. The first-order valence-corrected chi connectivity index (χ1v) is 10.2. The minimum atomic E-state index is -0.705. The number of imide groups is 1. The van der Waals surface area contributed by atoms with E-state index in [1.807, 2.05) is 52.7 Å². The van der Waals surface area contributed by atoms with Crippen LogP contribution < -0.4 is 10.6 Å². The van der Waals surface area contributed by atoms with Gasteiger partial charge in [0, 0.05) is 18.0 Å². The maximum atomic E-state index is 12.3.